The molecule has 0 bridgehead atoms. The second-order valence-corrected chi connectivity index (χ2v) is 8.49. The summed E-state index contributed by atoms with van der Waals surface area (Å²) in [5, 5.41) is 10.2. The highest BCUT2D eigenvalue weighted by molar-refractivity contribution is 5.95. The molecule has 0 amide bonds. The van der Waals surface area contributed by atoms with Crippen molar-refractivity contribution in [3.63, 3.8) is 0 Å². The van der Waals surface area contributed by atoms with E-state index in [0.29, 0.717) is 12.3 Å². The molecule has 2 saturated carbocycles. The average molecular weight is 316 g/mol. The largest absolute Gasteiger partial charge is 0.481 e. The maximum atomic E-state index is 12.9. The zero-order valence-corrected chi connectivity index (χ0v) is 14.6. The summed E-state index contributed by atoms with van der Waals surface area (Å²) in [5.74, 6) is -0.249. The third kappa shape index (κ3) is 2.23. The number of hydrogen-bond donors (Lipinski definition) is 1. The molecule has 3 rings (SSSR count). The summed E-state index contributed by atoms with van der Waals surface area (Å²) in [5.41, 5.74) is 0.0549. The number of carboxylic acids is 1. The Kier molecular flexibility index (Phi) is 3.81. The molecule has 126 valence electrons. The Balaban J connectivity index is 2.11. The van der Waals surface area contributed by atoms with Crippen LogP contribution >= 0.6 is 0 Å². The SMILES string of the molecule is CC1=CC(=O)[C@@H]2C3CC[C@H](C(C)C)[C@@]3(C(=O)O)CC[C@@]2(C)C=C1. The number of carbonyl (C=O) groups excluding carboxylic acids is 1. The van der Waals surface area contributed by atoms with E-state index in [2.05, 4.69) is 26.8 Å². The molecule has 23 heavy (non-hydrogen) atoms. The lowest BCUT2D eigenvalue weighted by atomic mass is 9.50. The summed E-state index contributed by atoms with van der Waals surface area (Å²) in [6.07, 6.45) is 9.21. The Morgan fingerprint density at radius 3 is 2.61 bits per heavy atom. The Bertz CT molecular complexity index is 600. The highest BCUT2D eigenvalue weighted by Gasteiger charge is 2.64. The van der Waals surface area contributed by atoms with Gasteiger partial charge >= 0.3 is 5.97 Å². The molecule has 0 heterocycles. The molecule has 0 aromatic rings. The molecular weight excluding hydrogens is 288 g/mol. The van der Waals surface area contributed by atoms with Gasteiger partial charge in [0, 0.05) is 5.92 Å². The molecule has 3 heteroatoms. The Labute approximate surface area is 138 Å². The lowest BCUT2D eigenvalue weighted by Crippen LogP contribution is -2.54. The quantitative estimate of drug-likeness (QED) is 0.829. The molecular formula is C20H28O3. The summed E-state index contributed by atoms with van der Waals surface area (Å²) < 4.78 is 0. The first-order valence-electron chi connectivity index (χ1n) is 8.87. The van der Waals surface area contributed by atoms with Gasteiger partial charge in [-0.15, -0.1) is 0 Å². The van der Waals surface area contributed by atoms with Crippen LogP contribution in [0.15, 0.2) is 23.8 Å². The highest BCUT2D eigenvalue weighted by Crippen LogP contribution is 2.64. The summed E-state index contributed by atoms with van der Waals surface area (Å²) in [4.78, 5) is 25.3. The number of allylic oxidation sites excluding steroid dienone is 4. The standard InChI is InChI=1S/C20H28O3/c1-12(2)14-5-6-15-17-16(21)11-13(3)7-8-19(17,4)9-10-20(14,15)18(22)23/h7-8,11-12,14-15,17H,5-6,9-10H2,1-4H3,(H,22,23)/t14-,15?,17+,19-,20+/m1/s1. The molecule has 0 aromatic carbocycles. The molecule has 0 aromatic heterocycles. The summed E-state index contributed by atoms with van der Waals surface area (Å²) >= 11 is 0. The lowest BCUT2D eigenvalue weighted by molar-refractivity contribution is -0.165. The zero-order valence-electron chi connectivity index (χ0n) is 14.6. The molecule has 3 aliphatic carbocycles. The van der Waals surface area contributed by atoms with Crippen LogP contribution in [0.4, 0.5) is 0 Å². The van der Waals surface area contributed by atoms with Gasteiger partial charge in [-0.2, -0.15) is 0 Å². The van der Waals surface area contributed by atoms with Crippen LogP contribution in [-0.4, -0.2) is 16.9 Å². The molecule has 0 saturated heterocycles. The molecule has 0 aliphatic heterocycles. The van der Waals surface area contributed by atoms with Crippen molar-refractivity contribution in [2.75, 3.05) is 0 Å². The number of rotatable bonds is 2. The van der Waals surface area contributed by atoms with Gasteiger partial charge in [-0.1, -0.05) is 32.9 Å². The molecule has 3 nitrogen and oxygen atoms in total. The number of carboxylic acid groups (broad SMARTS) is 1. The van der Waals surface area contributed by atoms with Crippen LogP contribution < -0.4 is 0 Å². The maximum absolute atomic E-state index is 12.9. The molecule has 2 fully saturated rings. The fourth-order valence-electron chi connectivity index (χ4n) is 5.82. The summed E-state index contributed by atoms with van der Waals surface area (Å²) in [7, 11) is 0. The number of ketones is 1. The Morgan fingerprint density at radius 2 is 2.00 bits per heavy atom. The summed E-state index contributed by atoms with van der Waals surface area (Å²) in [6, 6.07) is 0. The minimum atomic E-state index is -0.714. The third-order valence-corrected chi connectivity index (χ3v) is 6.91. The fourth-order valence-corrected chi connectivity index (χ4v) is 5.82. The van der Waals surface area contributed by atoms with Crippen molar-refractivity contribution in [3.05, 3.63) is 23.8 Å². The van der Waals surface area contributed by atoms with Crippen molar-refractivity contribution in [1.29, 1.82) is 0 Å². The second kappa shape index (κ2) is 5.32. The van der Waals surface area contributed by atoms with Gasteiger partial charge in [0.1, 0.15) is 0 Å². The van der Waals surface area contributed by atoms with Crippen LogP contribution in [0.5, 0.6) is 0 Å². The van der Waals surface area contributed by atoms with Crippen LogP contribution in [0.3, 0.4) is 0 Å². The van der Waals surface area contributed by atoms with Crippen LogP contribution in [0.2, 0.25) is 0 Å². The smallest absolute Gasteiger partial charge is 0.310 e. The molecule has 1 unspecified atom stereocenters. The number of fused-ring (bicyclic) bond motifs is 3. The van der Waals surface area contributed by atoms with Gasteiger partial charge in [-0.25, -0.2) is 0 Å². The molecule has 3 aliphatic rings. The third-order valence-electron chi connectivity index (χ3n) is 6.91. The van der Waals surface area contributed by atoms with Crippen molar-refractivity contribution in [2.24, 2.45) is 34.5 Å². The van der Waals surface area contributed by atoms with Crippen LogP contribution in [0.1, 0.15) is 53.4 Å². The van der Waals surface area contributed by atoms with E-state index in [1.54, 1.807) is 6.08 Å². The van der Waals surface area contributed by atoms with E-state index in [1.165, 1.54) is 0 Å². The Morgan fingerprint density at radius 1 is 1.30 bits per heavy atom. The van der Waals surface area contributed by atoms with Crippen LogP contribution in [0, 0.1) is 34.5 Å². The van der Waals surface area contributed by atoms with E-state index >= 15 is 0 Å². The molecule has 0 radical (unpaired) electrons. The average Bonchev–Trinajstić information content (AvgIpc) is 2.80. The van der Waals surface area contributed by atoms with Crippen molar-refractivity contribution in [3.8, 4) is 0 Å². The van der Waals surface area contributed by atoms with E-state index in [9.17, 15) is 14.7 Å². The van der Waals surface area contributed by atoms with Gasteiger partial charge < -0.3 is 5.11 Å². The van der Waals surface area contributed by atoms with Gasteiger partial charge in [-0.3, -0.25) is 9.59 Å². The van der Waals surface area contributed by atoms with Gasteiger partial charge in [0.25, 0.3) is 0 Å². The molecule has 0 spiro atoms. The van der Waals surface area contributed by atoms with Crippen LogP contribution in [0.25, 0.3) is 0 Å². The van der Waals surface area contributed by atoms with Gasteiger partial charge in [0.2, 0.25) is 0 Å². The zero-order chi connectivity index (χ0) is 17.0. The van der Waals surface area contributed by atoms with Crippen LogP contribution in [-0.2, 0) is 9.59 Å². The van der Waals surface area contributed by atoms with Gasteiger partial charge in [0.05, 0.1) is 5.41 Å². The molecule has 5 atom stereocenters. The van der Waals surface area contributed by atoms with Crippen molar-refractivity contribution in [2.45, 2.75) is 53.4 Å². The normalized spacial score (nSPS) is 42.9. The minimum Gasteiger partial charge on any atom is -0.481 e. The van der Waals surface area contributed by atoms with E-state index in [1.807, 2.05) is 13.0 Å². The predicted octanol–water partition coefficient (Wildman–Crippen LogP) is 4.24. The Hall–Kier alpha value is -1.38. The number of aliphatic carboxylic acids is 1. The lowest BCUT2D eigenvalue weighted by Gasteiger charge is -2.51. The van der Waals surface area contributed by atoms with Crippen molar-refractivity contribution in [1.82, 2.24) is 0 Å². The monoisotopic (exact) mass is 316 g/mol. The number of hydrogen-bond acceptors (Lipinski definition) is 2. The van der Waals surface area contributed by atoms with Gasteiger partial charge in [-0.05, 0) is 67.4 Å². The predicted molar refractivity (Wildman–Crippen MR) is 89.9 cm³/mol. The first-order chi connectivity index (χ1) is 10.7. The van der Waals surface area contributed by atoms with Gasteiger partial charge in [0.15, 0.2) is 5.78 Å². The molecule has 1 N–H and O–H groups in total. The first kappa shape index (κ1) is 16.5. The number of carbonyl (C=O) groups is 2. The van der Waals surface area contributed by atoms with Crippen molar-refractivity contribution < 1.29 is 14.7 Å². The maximum Gasteiger partial charge on any atom is 0.310 e. The minimum absolute atomic E-state index is 0.0366. The van der Waals surface area contributed by atoms with E-state index < -0.39 is 11.4 Å². The fraction of sp³-hybridized carbons (Fsp3) is 0.700. The summed E-state index contributed by atoms with van der Waals surface area (Å²) in [6.45, 7) is 8.35. The van der Waals surface area contributed by atoms with E-state index in [-0.39, 0.29) is 29.0 Å². The van der Waals surface area contributed by atoms with Crippen molar-refractivity contribution >= 4 is 11.8 Å². The van der Waals surface area contributed by atoms with E-state index in [0.717, 1.165) is 24.8 Å². The van der Waals surface area contributed by atoms with E-state index in [4.69, 9.17) is 0 Å². The topological polar surface area (TPSA) is 54.4 Å². The highest BCUT2D eigenvalue weighted by atomic mass is 16.4. The first-order valence-corrected chi connectivity index (χ1v) is 8.87. The second-order valence-electron chi connectivity index (χ2n) is 8.49.